The van der Waals surface area contributed by atoms with Crippen LogP contribution < -0.4 is 5.73 Å². The lowest BCUT2D eigenvalue weighted by molar-refractivity contribution is -0.0692. The summed E-state index contributed by atoms with van der Waals surface area (Å²) in [4.78, 5) is 0. The summed E-state index contributed by atoms with van der Waals surface area (Å²) in [6.45, 7) is 4.30. The van der Waals surface area contributed by atoms with Gasteiger partial charge in [-0.3, -0.25) is 4.68 Å². The van der Waals surface area contributed by atoms with Gasteiger partial charge in [-0.05, 0) is 75.5 Å². The van der Waals surface area contributed by atoms with E-state index in [0.29, 0.717) is 6.04 Å². The molecular formula is C17H26ClN3. The maximum absolute atomic E-state index is 6.83. The van der Waals surface area contributed by atoms with Crippen LogP contribution in [0.15, 0.2) is 6.20 Å². The lowest BCUT2D eigenvalue weighted by atomic mass is 9.47. The maximum Gasteiger partial charge on any atom is 0.0834 e. The Kier molecular flexibility index (Phi) is 3.17. The van der Waals surface area contributed by atoms with Crippen LogP contribution in [0, 0.1) is 23.2 Å². The van der Waals surface area contributed by atoms with E-state index in [1.54, 1.807) is 6.20 Å². The van der Waals surface area contributed by atoms with Crippen LogP contribution >= 0.6 is 11.6 Å². The quantitative estimate of drug-likeness (QED) is 0.903. The highest BCUT2D eigenvalue weighted by Crippen LogP contribution is 2.63. The van der Waals surface area contributed by atoms with Gasteiger partial charge in [-0.1, -0.05) is 11.6 Å². The molecule has 4 heteroatoms. The van der Waals surface area contributed by atoms with Crippen LogP contribution in [0.2, 0.25) is 5.02 Å². The number of nitrogens with zero attached hydrogens (tertiary/aromatic N) is 2. The molecule has 4 fully saturated rings. The highest BCUT2D eigenvalue weighted by molar-refractivity contribution is 6.31. The molecule has 3 nitrogen and oxygen atoms in total. The highest BCUT2D eigenvalue weighted by Gasteiger charge is 2.54. The van der Waals surface area contributed by atoms with Crippen molar-refractivity contribution in [3.8, 4) is 0 Å². The first-order chi connectivity index (χ1) is 9.98. The molecule has 4 saturated carbocycles. The zero-order valence-electron chi connectivity index (χ0n) is 13.1. The minimum atomic E-state index is 0.0447. The van der Waals surface area contributed by atoms with Crippen molar-refractivity contribution in [1.29, 1.82) is 0 Å². The molecule has 1 aromatic rings. The van der Waals surface area contributed by atoms with Crippen LogP contribution in [0.4, 0.5) is 0 Å². The van der Waals surface area contributed by atoms with E-state index in [1.807, 2.05) is 4.68 Å². The second-order valence-corrected chi connectivity index (χ2v) is 8.58. The average molecular weight is 308 g/mol. The van der Waals surface area contributed by atoms with Crippen molar-refractivity contribution in [3.63, 3.8) is 0 Å². The van der Waals surface area contributed by atoms with E-state index in [9.17, 15) is 0 Å². The SMILES string of the molecule is CC(C)n1ncc(Cl)c1C(N)C12CC3CC(CC(C3)C1)C2. The van der Waals surface area contributed by atoms with Crippen LogP contribution in [0.5, 0.6) is 0 Å². The highest BCUT2D eigenvalue weighted by atomic mass is 35.5. The number of rotatable bonds is 3. The van der Waals surface area contributed by atoms with Gasteiger partial charge in [-0.25, -0.2) is 0 Å². The normalized spacial score (nSPS) is 39.2. The summed E-state index contributed by atoms with van der Waals surface area (Å²) in [5.74, 6) is 2.74. The summed E-state index contributed by atoms with van der Waals surface area (Å²) >= 11 is 6.46. The molecule has 0 amide bonds. The van der Waals surface area contributed by atoms with E-state index in [-0.39, 0.29) is 11.5 Å². The molecule has 4 bridgehead atoms. The van der Waals surface area contributed by atoms with Crippen molar-refractivity contribution >= 4 is 11.6 Å². The van der Waals surface area contributed by atoms with Gasteiger partial charge in [0.1, 0.15) is 0 Å². The van der Waals surface area contributed by atoms with Gasteiger partial charge >= 0.3 is 0 Å². The van der Waals surface area contributed by atoms with Crippen molar-refractivity contribution < 1.29 is 0 Å². The predicted octanol–water partition coefficient (Wildman–Crippen LogP) is 4.33. The molecule has 0 aromatic carbocycles. The molecule has 4 aliphatic carbocycles. The molecule has 21 heavy (non-hydrogen) atoms. The van der Waals surface area contributed by atoms with Crippen molar-refractivity contribution in [2.45, 2.75) is 64.5 Å². The summed E-state index contributed by atoms with van der Waals surface area (Å²) in [6, 6.07) is 0.357. The van der Waals surface area contributed by atoms with Crippen LogP contribution in [0.1, 0.15) is 70.2 Å². The Morgan fingerprint density at radius 2 is 1.71 bits per heavy atom. The molecule has 1 atom stereocenters. The first-order valence-corrected chi connectivity index (χ1v) is 8.85. The van der Waals surface area contributed by atoms with Crippen molar-refractivity contribution in [2.75, 3.05) is 0 Å². The second kappa shape index (κ2) is 4.73. The zero-order valence-corrected chi connectivity index (χ0v) is 13.8. The van der Waals surface area contributed by atoms with Gasteiger partial charge in [0.2, 0.25) is 0 Å². The summed E-state index contributed by atoms with van der Waals surface area (Å²) in [7, 11) is 0. The number of nitrogens with two attached hydrogens (primary N) is 1. The summed E-state index contributed by atoms with van der Waals surface area (Å²) in [5, 5.41) is 5.22. The van der Waals surface area contributed by atoms with Gasteiger partial charge in [-0.2, -0.15) is 5.10 Å². The van der Waals surface area contributed by atoms with Crippen LogP contribution in [0.25, 0.3) is 0 Å². The Balaban J connectivity index is 1.72. The fourth-order valence-electron chi connectivity index (χ4n) is 5.90. The molecular weight excluding hydrogens is 282 g/mol. The van der Waals surface area contributed by atoms with E-state index < -0.39 is 0 Å². The van der Waals surface area contributed by atoms with E-state index in [0.717, 1.165) is 28.5 Å². The first kappa shape index (κ1) is 14.1. The second-order valence-electron chi connectivity index (χ2n) is 8.17. The summed E-state index contributed by atoms with van der Waals surface area (Å²) in [6.07, 6.45) is 10.0. The fraction of sp³-hybridized carbons (Fsp3) is 0.824. The minimum Gasteiger partial charge on any atom is -0.322 e. The van der Waals surface area contributed by atoms with E-state index >= 15 is 0 Å². The van der Waals surface area contributed by atoms with Gasteiger partial charge in [0.25, 0.3) is 0 Å². The van der Waals surface area contributed by atoms with Crippen molar-refractivity contribution in [2.24, 2.45) is 28.9 Å². The Bertz CT molecular complexity index is 513. The molecule has 5 rings (SSSR count). The first-order valence-electron chi connectivity index (χ1n) is 8.47. The summed E-state index contributed by atoms with van der Waals surface area (Å²) in [5.41, 5.74) is 8.19. The number of hydrogen-bond donors (Lipinski definition) is 1. The topological polar surface area (TPSA) is 43.8 Å². The standard InChI is InChI=1S/C17H26ClN3/c1-10(2)21-15(14(18)9-20-21)16(19)17-6-11-3-12(7-17)5-13(4-11)8-17/h9-13,16H,3-8,19H2,1-2H3. The minimum absolute atomic E-state index is 0.0447. The molecule has 0 radical (unpaired) electrons. The molecule has 0 saturated heterocycles. The Hall–Kier alpha value is -0.540. The molecule has 2 N–H and O–H groups in total. The number of aromatic nitrogens is 2. The molecule has 1 unspecified atom stereocenters. The van der Waals surface area contributed by atoms with E-state index in [1.165, 1.54) is 38.5 Å². The van der Waals surface area contributed by atoms with Crippen LogP contribution in [-0.4, -0.2) is 9.78 Å². The Labute approximate surface area is 132 Å². The van der Waals surface area contributed by atoms with E-state index in [2.05, 4.69) is 18.9 Å². The van der Waals surface area contributed by atoms with Crippen LogP contribution in [0.3, 0.4) is 0 Å². The zero-order chi connectivity index (χ0) is 14.8. The van der Waals surface area contributed by atoms with Gasteiger partial charge in [-0.15, -0.1) is 0 Å². The van der Waals surface area contributed by atoms with Crippen molar-refractivity contribution in [1.82, 2.24) is 9.78 Å². The molecule has 116 valence electrons. The molecule has 0 spiro atoms. The lowest BCUT2D eigenvalue weighted by Gasteiger charge is -2.58. The van der Waals surface area contributed by atoms with Gasteiger partial charge < -0.3 is 5.73 Å². The van der Waals surface area contributed by atoms with Gasteiger partial charge in [0, 0.05) is 6.04 Å². The summed E-state index contributed by atoms with van der Waals surface area (Å²) < 4.78 is 2.05. The molecule has 1 heterocycles. The third-order valence-electron chi connectivity index (χ3n) is 6.32. The fourth-order valence-corrected chi connectivity index (χ4v) is 6.15. The predicted molar refractivity (Wildman–Crippen MR) is 85.2 cm³/mol. The third kappa shape index (κ3) is 2.08. The maximum atomic E-state index is 6.83. The van der Waals surface area contributed by atoms with E-state index in [4.69, 9.17) is 17.3 Å². The van der Waals surface area contributed by atoms with Gasteiger partial charge in [0.15, 0.2) is 0 Å². The molecule has 0 aliphatic heterocycles. The lowest BCUT2D eigenvalue weighted by Crippen LogP contribution is -2.51. The van der Waals surface area contributed by atoms with Crippen molar-refractivity contribution in [3.05, 3.63) is 16.9 Å². The molecule has 1 aromatic heterocycles. The monoisotopic (exact) mass is 307 g/mol. The number of hydrogen-bond acceptors (Lipinski definition) is 2. The smallest absolute Gasteiger partial charge is 0.0834 e. The average Bonchev–Trinajstić information content (AvgIpc) is 2.78. The largest absolute Gasteiger partial charge is 0.322 e. The third-order valence-corrected chi connectivity index (χ3v) is 6.61. The Morgan fingerprint density at radius 1 is 1.19 bits per heavy atom. The van der Waals surface area contributed by atoms with Crippen LogP contribution in [-0.2, 0) is 0 Å². The Morgan fingerprint density at radius 3 is 2.19 bits per heavy atom. The van der Waals surface area contributed by atoms with Gasteiger partial charge in [0.05, 0.1) is 23.0 Å². The molecule has 4 aliphatic rings. The number of halogens is 1.